The summed E-state index contributed by atoms with van der Waals surface area (Å²) in [6, 6.07) is 20.2. The summed E-state index contributed by atoms with van der Waals surface area (Å²) in [4.78, 5) is 28.4. The van der Waals surface area contributed by atoms with Gasteiger partial charge < -0.3 is 46.2 Å². The summed E-state index contributed by atoms with van der Waals surface area (Å²) in [5.74, 6) is 1.48. The highest BCUT2D eigenvalue weighted by Gasteiger charge is 2.08. The van der Waals surface area contributed by atoms with E-state index in [1.165, 1.54) is 0 Å². The van der Waals surface area contributed by atoms with E-state index in [1.807, 2.05) is 108 Å². The second-order valence-corrected chi connectivity index (χ2v) is 16.4. The molecule has 60 heavy (non-hydrogen) atoms. The molecule has 0 spiro atoms. The molecule has 0 fully saturated rings. The molecule has 0 saturated heterocycles. The van der Waals surface area contributed by atoms with Crippen LogP contribution in [0.15, 0.2) is 103 Å². The second-order valence-electron chi connectivity index (χ2n) is 13.7. The molecule has 14 heteroatoms. The first-order valence-corrected chi connectivity index (χ1v) is 23.2. The molecule has 0 aliphatic carbocycles. The number of nitrogens with zero attached hydrogens (tertiary/aromatic N) is 3. The van der Waals surface area contributed by atoms with Gasteiger partial charge in [0.05, 0.1) is 26.4 Å². The van der Waals surface area contributed by atoms with Crippen LogP contribution in [0.5, 0.6) is 0 Å². The zero-order chi connectivity index (χ0) is 43.0. The van der Waals surface area contributed by atoms with E-state index in [0.717, 1.165) is 59.6 Å². The Bertz CT molecular complexity index is 1740. The predicted octanol–water partition coefficient (Wildman–Crippen LogP) is 4.66. The lowest BCUT2D eigenvalue weighted by Crippen LogP contribution is -2.35. The highest BCUT2D eigenvalue weighted by molar-refractivity contribution is 8.76. The Morgan fingerprint density at radius 3 is 1.57 bits per heavy atom. The summed E-state index contributed by atoms with van der Waals surface area (Å²) < 4.78 is 2.11. The van der Waals surface area contributed by atoms with E-state index in [-0.39, 0.29) is 38.2 Å². The van der Waals surface area contributed by atoms with Crippen molar-refractivity contribution in [3.8, 4) is 0 Å². The minimum Gasteiger partial charge on any atom is -0.395 e. The fourth-order valence-electron chi connectivity index (χ4n) is 5.89. The number of aryl methyl sites for hydroxylation is 1. The Hall–Kier alpha value is -4.57. The number of aromatic nitrogens is 1. The fourth-order valence-corrected chi connectivity index (χ4v) is 7.87. The third kappa shape index (κ3) is 21.1. The Morgan fingerprint density at radius 1 is 0.617 bits per heavy atom. The number of allylic oxidation sites excluding steroid dienone is 4. The van der Waals surface area contributed by atoms with Crippen molar-refractivity contribution in [2.45, 2.75) is 39.2 Å². The molecule has 1 aromatic heterocycles. The van der Waals surface area contributed by atoms with Crippen LogP contribution in [0, 0.1) is 0 Å². The molecule has 2 aromatic carbocycles. The van der Waals surface area contributed by atoms with E-state index in [0.29, 0.717) is 63.6 Å². The van der Waals surface area contributed by atoms with E-state index in [1.54, 1.807) is 21.6 Å². The molecule has 0 atom stereocenters. The lowest BCUT2D eigenvalue weighted by atomic mass is 10.1. The van der Waals surface area contributed by atoms with Crippen molar-refractivity contribution in [3.63, 3.8) is 0 Å². The number of aliphatic hydroxyl groups is 4. The molecule has 0 bridgehead atoms. The number of nitrogens with one attached hydrogen (secondary N) is 3. The van der Waals surface area contributed by atoms with Gasteiger partial charge in [-0.3, -0.25) is 9.59 Å². The van der Waals surface area contributed by atoms with Gasteiger partial charge in [0.25, 0.3) is 0 Å². The molecule has 0 aliphatic heterocycles. The van der Waals surface area contributed by atoms with Crippen molar-refractivity contribution in [3.05, 3.63) is 120 Å². The van der Waals surface area contributed by atoms with Crippen LogP contribution in [0.4, 0.5) is 11.4 Å². The van der Waals surface area contributed by atoms with Crippen LogP contribution in [-0.2, 0) is 16.1 Å². The van der Waals surface area contributed by atoms with Gasteiger partial charge in [0.1, 0.15) is 6.54 Å². The van der Waals surface area contributed by atoms with Crippen molar-refractivity contribution < 1.29 is 34.6 Å². The van der Waals surface area contributed by atoms with Crippen LogP contribution in [0.2, 0.25) is 0 Å². The molecule has 7 N–H and O–H groups in total. The molecule has 0 unspecified atom stereocenters. The lowest BCUT2D eigenvalue weighted by Gasteiger charge is -2.22. The lowest BCUT2D eigenvalue weighted by molar-refractivity contribution is -0.697. The van der Waals surface area contributed by atoms with Crippen LogP contribution in [0.25, 0.3) is 18.2 Å². The Labute approximate surface area is 364 Å². The van der Waals surface area contributed by atoms with Gasteiger partial charge in [0.2, 0.25) is 11.8 Å². The highest BCUT2D eigenvalue weighted by Crippen LogP contribution is 2.22. The molecule has 0 radical (unpaired) electrons. The number of hydrogen-bond donors (Lipinski definition) is 7. The molecule has 3 rings (SSSR count). The molecular formula is C46H65N6O6S2+. The Balaban J connectivity index is 1.16. The van der Waals surface area contributed by atoms with Crippen molar-refractivity contribution in [1.29, 1.82) is 0 Å². The minimum absolute atomic E-state index is 0.0351. The summed E-state index contributed by atoms with van der Waals surface area (Å²) in [5.41, 5.74) is 6.19. The van der Waals surface area contributed by atoms with Crippen LogP contribution >= 0.6 is 21.6 Å². The summed E-state index contributed by atoms with van der Waals surface area (Å²) in [6.45, 7) is 6.83. The van der Waals surface area contributed by atoms with Crippen molar-refractivity contribution >= 4 is 63.0 Å². The highest BCUT2D eigenvalue weighted by atomic mass is 33.1. The first kappa shape index (κ1) is 49.8. The van der Waals surface area contributed by atoms with E-state index in [4.69, 9.17) is 0 Å². The summed E-state index contributed by atoms with van der Waals surface area (Å²) in [7, 11) is 3.24. The van der Waals surface area contributed by atoms with Crippen molar-refractivity contribution in [1.82, 2.24) is 16.0 Å². The SMILES string of the molecule is C/C=C(\C=C/NCCCNC(=O)CCSSCCC(=O)NCCC[n+]1ccc(/C=C/c2ccc(N(CCO)CCO)cc2)cc1)/C=C/c1ccc(N(CCO)CCO)cc1. The first-order chi connectivity index (χ1) is 29.4. The number of amides is 2. The smallest absolute Gasteiger partial charge is 0.220 e. The average Bonchev–Trinajstić information content (AvgIpc) is 3.27. The van der Waals surface area contributed by atoms with E-state index in [2.05, 4.69) is 44.8 Å². The number of aliphatic hydroxyl groups excluding tert-OH is 4. The topological polar surface area (TPSA) is 162 Å². The average molecular weight is 862 g/mol. The van der Waals surface area contributed by atoms with Gasteiger partial charge in [-0.2, -0.15) is 0 Å². The van der Waals surface area contributed by atoms with E-state index >= 15 is 0 Å². The van der Waals surface area contributed by atoms with Crippen molar-refractivity contribution in [2.75, 3.05) is 93.5 Å². The number of benzene rings is 2. The predicted molar refractivity (Wildman–Crippen MR) is 251 cm³/mol. The quantitative estimate of drug-likeness (QED) is 0.0209. The summed E-state index contributed by atoms with van der Waals surface area (Å²) in [6.07, 6.45) is 20.8. The molecular weight excluding hydrogens is 797 g/mol. The van der Waals surface area contributed by atoms with Crippen LogP contribution in [0.1, 0.15) is 49.3 Å². The molecule has 2 amide bonds. The van der Waals surface area contributed by atoms with Gasteiger partial charge in [-0.25, -0.2) is 4.57 Å². The summed E-state index contributed by atoms with van der Waals surface area (Å²) >= 11 is 0. The van der Waals surface area contributed by atoms with Gasteiger partial charge in [0, 0.05) is 100 Å². The fraction of sp³-hybridized carbons (Fsp3) is 0.413. The number of hydrogen-bond acceptors (Lipinski definition) is 11. The maximum absolute atomic E-state index is 12.3. The minimum atomic E-state index is 0.0351. The molecule has 0 aliphatic rings. The molecule has 0 saturated carbocycles. The Kier molecular flexibility index (Phi) is 26.0. The van der Waals surface area contributed by atoms with Crippen molar-refractivity contribution in [2.24, 2.45) is 0 Å². The number of rotatable bonds is 31. The summed E-state index contributed by atoms with van der Waals surface area (Å²) in [5, 5.41) is 46.3. The number of carbonyl (C=O) groups is 2. The third-order valence-electron chi connectivity index (χ3n) is 9.22. The van der Waals surface area contributed by atoms with Crippen LogP contribution in [-0.4, -0.2) is 116 Å². The zero-order valence-electron chi connectivity index (χ0n) is 35.0. The second kappa shape index (κ2) is 31.3. The number of pyridine rings is 1. The standard InChI is InChI=1S/C46H64N6O6S2/c1-2-39(5-6-40-9-13-43(14-10-40)51(29-33-53)30-34-54)17-25-47-22-3-23-48-45(57)20-37-59-60-38-21-46(58)49-24-4-26-50-27-18-42(19-28-50)8-7-41-11-15-44(16-12-41)52(31-35-55)32-36-56/h2,5-19,25,27-28,47,53-56H,3-4,20-24,26,29-38H2,1H3,(H-,48,49,57,58)/p+1/b6-5+,25-17-,39-2-. The maximum Gasteiger partial charge on any atom is 0.220 e. The van der Waals surface area contributed by atoms with Crippen LogP contribution < -0.4 is 30.3 Å². The maximum atomic E-state index is 12.3. The van der Waals surface area contributed by atoms with E-state index < -0.39 is 0 Å². The van der Waals surface area contributed by atoms with Gasteiger partial charge in [-0.1, -0.05) is 76.2 Å². The molecule has 3 aromatic rings. The molecule has 12 nitrogen and oxygen atoms in total. The first-order valence-electron chi connectivity index (χ1n) is 20.7. The van der Waals surface area contributed by atoms with Gasteiger partial charge in [-0.15, -0.1) is 0 Å². The largest absolute Gasteiger partial charge is 0.395 e. The molecule has 326 valence electrons. The normalized spacial score (nSPS) is 11.8. The van der Waals surface area contributed by atoms with Gasteiger partial charge in [0.15, 0.2) is 12.4 Å². The van der Waals surface area contributed by atoms with Gasteiger partial charge in [-0.05, 0) is 72.1 Å². The van der Waals surface area contributed by atoms with E-state index in [9.17, 15) is 30.0 Å². The van der Waals surface area contributed by atoms with Crippen LogP contribution in [0.3, 0.4) is 0 Å². The van der Waals surface area contributed by atoms with Gasteiger partial charge >= 0.3 is 0 Å². The Morgan fingerprint density at radius 2 is 1.08 bits per heavy atom. The number of carbonyl (C=O) groups excluding carboxylic acids is 2. The number of anilines is 2. The monoisotopic (exact) mass is 861 g/mol. The third-order valence-corrected chi connectivity index (χ3v) is 11.6. The molecule has 1 heterocycles. The zero-order valence-corrected chi connectivity index (χ0v) is 36.6.